The summed E-state index contributed by atoms with van der Waals surface area (Å²) in [6.45, 7) is 2.87. The third kappa shape index (κ3) is 5.37. The molecule has 1 saturated heterocycles. The summed E-state index contributed by atoms with van der Waals surface area (Å²) >= 11 is 0. The van der Waals surface area contributed by atoms with Crippen LogP contribution in [0, 0.1) is 6.92 Å². The summed E-state index contributed by atoms with van der Waals surface area (Å²) in [5.74, 6) is -0.345. The van der Waals surface area contributed by atoms with Gasteiger partial charge in [0.15, 0.2) is 0 Å². The summed E-state index contributed by atoms with van der Waals surface area (Å²) in [5.41, 5.74) is 0.656. The molecular formula is C21H24F3N3O3S. The maximum atomic E-state index is 12.9. The van der Waals surface area contributed by atoms with Crippen LogP contribution in [0.25, 0.3) is 0 Å². The van der Waals surface area contributed by atoms with Crippen LogP contribution in [0.3, 0.4) is 0 Å². The molecular weight excluding hydrogens is 431 g/mol. The molecule has 168 valence electrons. The van der Waals surface area contributed by atoms with Gasteiger partial charge in [-0.3, -0.25) is 4.79 Å². The lowest BCUT2D eigenvalue weighted by Crippen LogP contribution is -2.51. The number of amides is 1. The summed E-state index contributed by atoms with van der Waals surface area (Å²) < 4.78 is 65.2. The molecule has 1 fully saturated rings. The molecule has 1 amide bonds. The Labute approximate surface area is 179 Å². The fourth-order valence-electron chi connectivity index (χ4n) is 3.36. The molecule has 0 spiro atoms. The highest BCUT2D eigenvalue weighted by atomic mass is 32.2. The fourth-order valence-corrected chi connectivity index (χ4v) is 4.48. The maximum Gasteiger partial charge on any atom is 0.416 e. The highest BCUT2D eigenvalue weighted by molar-refractivity contribution is 7.89. The number of carbonyl (C=O) groups excluding carboxylic acids is 1. The molecule has 3 rings (SSSR count). The molecule has 0 atom stereocenters. The lowest BCUT2D eigenvalue weighted by atomic mass is 10.1. The SMILES string of the molecule is Cc1ccc(S(=O)(=O)N(C)CC(=O)N2CCN(c3cccc(C(F)(F)F)c3)CC2)cc1. The Balaban J connectivity index is 1.60. The Bertz CT molecular complexity index is 1030. The van der Waals surface area contributed by atoms with Crippen LogP contribution in [0.2, 0.25) is 0 Å². The Kier molecular flexibility index (Phi) is 6.61. The van der Waals surface area contributed by atoms with Gasteiger partial charge in [-0.25, -0.2) is 8.42 Å². The average Bonchev–Trinajstić information content (AvgIpc) is 2.73. The second-order valence-electron chi connectivity index (χ2n) is 7.49. The number of rotatable bonds is 5. The molecule has 1 heterocycles. The smallest absolute Gasteiger partial charge is 0.368 e. The number of alkyl halides is 3. The van der Waals surface area contributed by atoms with Crippen molar-refractivity contribution >= 4 is 21.6 Å². The number of halogens is 3. The van der Waals surface area contributed by atoms with Gasteiger partial charge in [0.1, 0.15) is 0 Å². The van der Waals surface area contributed by atoms with E-state index in [2.05, 4.69) is 0 Å². The number of hydrogen-bond acceptors (Lipinski definition) is 4. The Morgan fingerprint density at radius 1 is 1.03 bits per heavy atom. The van der Waals surface area contributed by atoms with Crippen LogP contribution in [0.5, 0.6) is 0 Å². The van der Waals surface area contributed by atoms with Crippen molar-refractivity contribution in [3.63, 3.8) is 0 Å². The molecule has 0 radical (unpaired) electrons. The zero-order valence-electron chi connectivity index (χ0n) is 17.3. The molecule has 1 aliphatic rings. The van der Waals surface area contributed by atoms with Gasteiger partial charge in [0, 0.05) is 38.9 Å². The number of aryl methyl sites for hydroxylation is 1. The van der Waals surface area contributed by atoms with E-state index in [1.165, 1.54) is 30.1 Å². The van der Waals surface area contributed by atoms with Gasteiger partial charge in [-0.1, -0.05) is 23.8 Å². The molecule has 0 N–H and O–H groups in total. The standard InChI is InChI=1S/C21H24F3N3O3S/c1-16-6-8-19(9-7-16)31(29,30)25(2)15-20(28)27-12-10-26(11-13-27)18-5-3-4-17(14-18)21(22,23)24/h3-9,14H,10-13,15H2,1-2H3. The zero-order valence-corrected chi connectivity index (χ0v) is 18.1. The zero-order chi connectivity index (χ0) is 22.8. The second-order valence-corrected chi connectivity index (χ2v) is 9.53. The predicted molar refractivity (Wildman–Crippen MR) is 111 cm³/mol. The third-order valence-electron chi connectivity index (χ3n) is 5.26. The van der Waals surface area contributed by atoms with Gasteiger partial charge in [-0.2, -0.15) is 17.5 Å². The van der Waals surface area contributed by atoms with Crippen molar-refractivity contribution < 1.29 is 26.4 Å². The molecule has 0 saturated carbocycles. The first-order valence-electron chi connectivity index (χ1n) is 9.71. The molecule has 6 nitrogen and oxygen atoms in total. The van der Waals surface area contributed by atoms with Gasteiger partial charge in [0.05, 0.1) is 17.0 Å². The van der Waals surface area contributed by atoms with Crippen molar-refractivity contribution in [2.24, 2.45) is 0 Å². The molecule has 1 aliphatic heterocycles. The normalized spacial score (nSPS) is 15.4. The lowest BCUT2D eigenvalue weighted by Gasteiger charge is -2.36. The van der Waals surface area contributed by atoms with Crippen LogP contribution >= 0.6 is 0 Å². The first-order valence-corrected chi connectivity index (χ1v) is 11.2. The predicted octanol–water partition coefficient (Wildman–Crippen LogP) is 2.98. The van der Waals surface area contributed by atoms with Gasteiger partial charge in [0.2, 0.25) is 15.9 Å². The molecule has 10 heteroatoms. The van der Waals surface area contributed by atoms with Crippen molar-refractivity contribution in [3.8, 4) is 0 Å². The lowest BCUT2D eigenvalue weighted by molar-refractivity contribution is -0.137. The quantitative estimate of drug-likeness (QED) is 0.696. The van der Waals surface area contributed by atoms with Crippen molar-refractivity contribution in [3.05, 3.63) is 59.7 Å². The largest absolute Gasteiger partial charge is 0.416 e. The van der Waals surface area contributed by atoms with E-state index in [0.29, 0.717) is 31.9 Å². The average molecular weight is 456 g/mol. The van der Waals surface area contributed by atoms with Crippen LogP contribution in [-0.2, 0) is 21.0 Å². The summed E-state index contributed by atoms with van der Waals surface area (Å²) in [6.07, 6.45) is -4.42. The Hall–Kier alpha value is -2.59. The van der Waals surface area contributed by atoms with E-state index < -0.39 is 21.8 Å². The van der Waals surface area contributed by atoms with E-state index in [0.717, 1.165) is 22.0 Å². The number of sulfonamides is 1. The number of anilines is 1. The van der Waals surface area contributed by atoms with E-state index >= 15 is 0 Å². The van der Waals surface area contributed by atoms with Crippen LogP contribution < -0.4 is 4.90 Å². The van der Waals surface area contributed by atoms with Crippen molar-refractivity contribution in [1.82, 2.24) is 9.21 Å². The van der Waals surface area contributed by atoms with Crippen LogP contribution in [0.4, 0.5) is 18.9 Å². The molecule has 0 bridgehead atoms. The minimum atomic E-state index is -4.42. The van der Waals surface area contributed by atoms with E-state index in [4.69, 9.17) is 0 Å². The minimum absolute atomic E-state index is 0.114. The van der Waals surface area contributed by atoms with Gasteiger partial charge < -0.3 is 9.80 Å². The van der Waals surface area contributed by atoms with Gasteiger partial charge in [-0.15, -0.1) is 0 Å². The molecule has 0 aromatic heterocycles. The minimum Gasteiger partial charge on any atom is -0.368 e. The molecule has 2 aromatic rings. The molecule has 2 aromatic carbocycles. The van der Waals surface area contributed by atoms with Crippen LogP contribution in [-0.4, -0.2) is 63.3 Å². The number of benzene rings is 2. The Morgan fingerprint density at radius 2 is 1.65 bits per heavy atom. The highest BCUT2D eigenvalue weighted by Crippen LogP contribution is 2.31. The fraction of sp³-hybridized carbons (Fsp3) is 0.381. The number of hydrogen-bond donors (Lipinski definition) is 0. The summed E-state index contributed by atoms with van der Waals surface area (Å²) in [6, 6.07) is 11.5. The summed E-state index contributed by atoms with van der Waals surface area (Å²) in [4.78, 5) is 16.1. The number of piperazine rings is 1. The maximum absolute atomic E-state index is 12.9. The molecule has 0 unspecified atom stereocenters. The van der Waals surface area contributed by atoms with Gasteiger partial charge in [0.25, 0.3) is 0 Å². The second kappa shape index (κ2) is 8.88. The molecule has 31 heavy (non-hydrogen) atoms. The number of likely N-dealkylation sites (N-methyl/N-ethyl adjacent to an activating group) is 1. The van der Waals surface area contributed by atoms with Gasteiger partial charge in [-0.05, 0) is 37.3 Å². The highest BCUT2D eigenvalue weighted by Gasteiger charge is 2.31. The van der Waals surface area contributed by atoms with E-state index in [1.807, 2.05) is 6.92 Å². The number of nitrogens with zero attached hydrogens (tertiary/aromatic N) is 3. The van der Waals surface area contributed by atoms with Crippen molar-refractivity contribution in [2.45, 2.75) is 18.0 Å². The van der Waals surface area contributed by atoms with Crippen molar-refractivity contribution in [1.29, 1.82) is 0 Å². The van der Waals surface area contributed by atoms with Crippen molar-refractivity contribution in [2.75, 3.05) is 44.7 Å². The van der Waals surface area contributed by atoms with E-state index in [-0.39, 0.29) is 17.3 Å². The van der Waals surface area contributed by atoms with Gasteiger partial charge >= 0.3 is 6.18 Å². The topological polar surface area (TPSA) is 60.9 Å². The first kappa shape index (κ1) is 23.1. The third-order valence-corrected chi connectivity index (χ3v) is 7.08. The Morgan fingerprint density at radius 3 is 2.23 bits per heavy atom. The molecule has 0 aliphatic carbocycles. The van der Waals surface area contributed by atoms with Crippen LogP contribution in [0.15, 0.2) is 53.4 Å². The van der Waals surface area contributed by atoms with E-state index in [1.54, 1.807) is 23.1 Å². The van der Waals surface area contributed by atoms with Crippen LogP contribution in [0.1, 0.15) is 11.1 Å². The number of carbonyl (C=O) groups is 1. The monoisotopic (exact) mass is 455 g/mol. The summed E-state index contributed by atoms with van der Waals surface area (Å²) in [5, 5.41) is 0. The van der Waals surface area contributed by atoms with E-state index in [9.17, 15) is 26.4 Å². The summed E-state index contributed by atoms with van der Waals surface area (Å²) in [7, 11) is -2.44. The first-order chi connectivity index (χ1) is 14.5.